The quantitative estimate of drug-likeness (QED) is 0.866. The van der Waals surface area contributed by atoms with Crippen molar-refractivity contribution < 1.29 is 0 Å². The molecule has 2 fully saturated rings. The average Bonchev–Trinajstić information content (AvgIpc) is 3.16. The topological polar surface area (TPSA) is 28.2 Å². The first-order valence-corrected chi connectivity index (χ1v) is 7.18. The first-order valence-electron chi connectivity index (χ1n) is 6.80. The molecule has 4 rings (SSSR count). The lowest BCUT2D eigenvalue weighted by Gasteiger charge is -2.36. The maximum absolute atomic E-state index is 6.05. The molecule has 1 spiro atoms. The molecular formula is C15H16ClN3. The maximum Gasteiger partial charge on any atom is 0.0737 e. The van der Waals surface area contributed by atoms with Crippen molar-refractivity contribution >= 4 is 28.2 Å². The zero-order valence-electron chi connectivity index (χ0n) is 10.7. The molecule has 2 aromatic rings. The Kier molecular flexibility index (Phi) is 2.47. The van der Waals surface area contributed by atoms with Crippen LogP contribution in [0.2, 0.25) is 5.02 Å². The van der Waals surface area contributed by atoms with Gasteiger partial charge in [0.2, 0.25) is 0 Å². The molecule has 19 heavy (non-hydrogen) atoms. The Bertz CT molecular complexity index is 636. The van der Waals surface area contributed by atoms with Crippen LogP contribution in [0.25, 0.3) is 10.9 Å². The number of halogens is 1. The normalized spacial score (nSPS) is 21.0. The molecule has 1 N–H and O–H groups in total. The van der Waals surface area contributed by atoms with Crippen LogP contribution < -0.4 is 10.2 Å². The van der Waals surface area contributed by atoms with E-state index in [1.807, 2.05) is 18.3 Å². The Morgan fingerprint density at radius 1 is 1.26 bits per heavy atom. The van der Waals surface area contributed by atoms with Gasteiger partial charge in [0.1, 0.15) is 0 Å². The van der Waals surface area contributed by atoms with E-state index in [1.165, 1.54) is 23.9 Å². The molecule has 0 unspecified atom stereocenters. The number of nitrogens with one attached hydrogen (secondary N) is 1. The fraction of sp³-hybridized carbons (Fsp3) is 0.400. The molecule has 4 heteroatoms. The van der Waals surface area contributed by atoms with Crippen LogP contribution in [0.4, 0.5) is 5.69 Å². The number of aromatic nitrogens is 1. The largest absolute Gasteiger partial charge is 0.368 e. The van der Waals surface area contributed by atoms with Crippen molar-refractivity contribution in [3.05, 3.63) is 35.5 Å². The lowest BCUT2D eigenvalue weighted by Crippen LogP contribution is -2.52. The van der Waals surface area contributed by atoms with Crippen LogP contribution in [-0.4, -0.2) is 30.2 Å². The zero-order chi connectivity index (χ0) is 12.9. The lowest BCUT2D eigenvalue weighted by molar-refractivity contribution is 0.443. The molecule has 2 heterocycles. The molecule has 3 nitrogen and oxygen atoms in total. The summed E-state index contributed by atoms with van der Waals surface area (Å²) in [5.74, 6) is 0. The van der Waals surface area contributed by atoms with Gasteiger partial charge in [-0.1, -0.05) is 11.6 Å². The smallest absolute Gasteiger partial charge is 0.0737 e. The number of benzene rings is 1. The third-order valence-corrected chi connectivity index (χ3v) is 4.49. The fourth-order valence-electron chi connectivity index (χ4n) is 3.03. The summed E-state index contributed by atoms with van der Waals surface area (Å²) in [6.07, 6.45) is 4.49. The average molecular weight is 274 g/mol. The standard InChI is InChI=1S/C15H16ClN3/c16-11-1-2-12-13(9-11)17-6-3-14(12)19-8-7-18-15(10-19)4-5-15/h1-3,6,9,18H,4-5,7-8,10H2. The van der Waals surface area contributed by atoms with Crippen molar-refractivity contribution in [2.45, 2.75) is 18.4 Å². The van der Waals surface area contributed by atoms with Gasteiger partial charge >= 0.3 is 0 Å². The number of fused-ring (bicyclic) bond motifs is 1. The number of nitrogens with zero attached hydrogens (tertiary/aromatic N) is 2. The Morgan fingerprint density at radius 2 is 2.16 bits per heavy atom. The van der Waals surface area contributed by atoms with Gasteiger partial charge in [0.05, 0.1) is 5.52 Å². The van der Waals surface area contributed by atoms with Gasteiger partial charge in [0.15, 0.2) is 0 Å². The van der Waals surface area contributed by atoms with Crippen LogP contribution >= 0.6 is 11.6 Å². The minimum Gasteiger partial charge on any atom is -0.368 e. The summed E-state index contributed by atoms with van der Waals surface area (Å²) >= 11 is 6.05. The summed E-state index contributed by atoms with van der Waals surface area (Å²) < 4.78 is 0. The summed E-state index contributed by atoms with van der Waals surface area (Å²) in [5.41, 5.74) is 2.66. The monoisotopic (exact) mass is 273 g/mol. The van der Waals surface area contributed by atoms with E-state index in [4.69, 9.17) is 11.6 Å². The Labute approximate surface area is 117 Å². The van der Waals surface area contributed by atoms with E-state index in [0.717, 1.165) is 30.2 Å². The third-order valence-electron chi connectivity index (χ3n) is 4.25. The molecule has 1 saturated carbocycles. The van der Waals surface area contributed by atoms with Crippen LogP contribution in [0.3, 0.4) is 0 Å². The SMILES string of the molecule is Clc1ccc2c(N3CCNC4(CC4)C3)ccnc2c1. The van der Waals surface area contributed by atoms with Gasteiger partial charge in [-0.15, -0.1) is 0 Å². The van der Waals surface area contributed by atoms with E-state index in [0.29, 0.717) is 5.54 Å². The van der Waals surface area contributed by atoms with E-state index in [1.54, 1.807) is 0 Å². The number of pyridine rings is 1. The van der Waals surface area contributed by atoms with Crippen molar-refractivity contribution in [2.75, 3.05) is 24.5 Å². The fourth-order valence-corrected chi connectivity index (χ4v) is 3.20. The van der Waals surface area contributed by atoms with E-state index < -0.39 is 0 Å². The van der Waals surface area contributed by atoms with Crippen molar-refractivity contribution in [1.29, 1.82) is 0 Å². The molecular weight excluding hydrogens is 258 g/mol. The van der Waals surface area contributed by atoms with E-state index in [9.17, 15) is 0 Å². The Hall–Kier alpha value is -1.32. The highest BCUT2D eigenvalue weighted by Gasteiger charge is 2.45. The highest BCUT2D eigenvalue weighted by atomic mass is 35.5. The molecule has 0 radical (unpaired) electrons. The molecule has 0 atom stereocenters. The van der Waals surface area contributed by atoms with Crippen LogP contribution in [-0.2, 0) is 0 Å². The summed E-state index contributed by atoms with van der Waals surface area (Å²) in [6.45, 7) is 3.23. The summed E-state index contributed by atoms with van der Waals surface area (Å²) in [5, 5.41) is 5.59. The number of rotatable bonds is 1. The van der Waals surface area contributed by atoms with Crippen LogP contribution in [0.15, 0.2) is 30.5 Å². The van der Waals surface area contributed by atoms with Crippen molar-refractivity contribution in [3.63, 3.8) is 0 Å². The minimum atomic E-state index is 0.389. The summed E-state index contributed by atoms with van der Waals surface area (Å²) in [4.78, 5) is 6.91. The highest BCUT2D eigenvalue weighted by molar-refractivity contribution is 6.31. The van der Waals surface area contributed by atoms with Crippen LogP contribution in [0.5, 0.6) is 0 Å². The third kappa shape index (κ3) is 1.97. The van der Waals surface area contributed by atoms with E-state index in [2.05, 4.69) is 27.3 Å². The molecule has 1 aromatic heterocycles. The van der Waals surface area contributed by atoms with E-state index in [-0.39, 0.29) is 0 Å². The second-order valence-electron chi connectivity index (χ2n) is 5.62. The first kappa shape index (κ1) is 11.5. The molecule has 98 valence electrons. The molecule has 1 aliphatic heterocycles. The van der Waals surface area contributed by atoms with Gasteiger partial charge in [0.25, 0.3) is 0 Å². The number of anilines is 1. The van der Waals surface area contributed by atoms with Gasteiger partial charge in [-0.2, -0.15) is 0 Å². The first-order chi connectivity index (χ1) is 9.26. The van der Waals surface area contributed by atoms with Gasteiger partial charge in [-0.3, -0.25) is 4.98 Å². The van der Waals surface area contributed by atoms with E-state index >= 15 is 0 Å². The Morgan fingerprint density at radius 3 is 3.00 bits per heavy atom. The van der Waals surface area contributed by atoms with Crippen molar-refractivity contribution in [1.82, 2.24) is 10.3 Å². The van der Waals surface area contributed by atoms with Crippen LogP contribution in [0, 0.1) is 0 Å². The number of hydrogen-bond donors (Lipinski definition) is 1. The van der Waals surface area contributed by atoms with Crippen molar-refractivity contribution in [2.24, 2.45) is 0 Å². The molecule has 1 aromatic carbocycles. The number of hydrogen-bond acceptors (Lipinski definition) is 3. The summed E-state index contributed by atoms with van der Waals surface area (Å²) in [7, 11) is 0. The molecule has 0 amide bonds. The molecule has 0 bridgehead atoms. The molecule has 2 aliphatic rings. The second-order valence-corrected chi connectivity index (χ2v) is 6.06. The van der Waals surface area contributed by atoms with Crippen molar-refractivity contribution in [3.8, 4) is 0 Å². The highest BCUT2D eigenvalue weighted by Crippen LogP contribution is 2.39. The maximum atomic E-state index is 6.05. The second kappa shape index (κ2) is 4.09. The van der Waals surface area contributed by atoms with Gasteiger partial charge < -0.3 is 10.2 Å². The molecule has 1 saturated heterocycles. The minimum absolute atomic E-state index is 0.389. The predicted octanol–water partition coefficient (Wildman–Crippen LogP) is 2.83. The molecule has 1 aliphatic carbocycles. The van der Waals surface area contributed by atoms with Gasteiger partial charge in [-0.25, -0.2) is 0 Å². The zero-order valence-corrected chi connectivity index (χ0v) is 11.5. The predicted molar refractivity (Wildman–Crippen MR) is 78.9 cm³/mol. The van der Waals surface area contributed by atoms with Gasteiger partial charge in [-0.05, 0) is 37.1 Å². The van der Waals surface area contributed by atoms with Crippen LogP contribution in [0.1, 0.15) is 12.8 Å². The lowest BCUT2D eigenvalue weighted by atomic mass is 10.1. The number of piperazine rings is 1. The summed E-state index contributed by atoms with van der Waals surface area (Å²) in [6, 6.07) is 8.10. The van der Waals surface area contributed by atoms with Gasteiger partial charge in [0, 0.05) is 47.5 Å². The Balaban J connectivity index is 1.77.